The van der Waals surface area contributed by atoms with Gasteiger partial charge >= 0.3 is 27.3 Å². The summed E-state index contributed by atoms with van der Waals surface area (Å²) in [5.41, 5.74) is 11.2. The normalized spacial score (nSPS) is 8.07. The van der Waals surface area contributed by atoms with Crippen LogP contribution in [-0.4, -0.2) is 30.1 Å². The molecule has 2 aromatic heterocycles. The number of nitrogens with one attached hydrogen (secondary N) is 2. The van der Waals surface area contributed by atoms with Crippen molar-refractivity contribution in [1.29, 1.82) is 0 Å². The summed E-state index contributed by atoms with van der Waals surface area (Å²) in [6.45, 7) is 3.50. The summed E-state index contributed by atoms with van der Waals surface area (Å²) >= 11 is 0. The fourth-order valence-corrected chi connectivity index (χ4v) is 1.20. The molecule has 0 fully saturated rings. The third kappa shape index (κ3) is 22.7. The average Bonchev–Trinajstić information content (AvgIpc) is 2.33. The maximum Gasteiger partial charge on any atom is 2.00 e. The van der Waals surface area contributed by atoms with Gasteiger partial charge in [-0.1, -0.05) is 0 Å². The molecule has 0 bridgehead atoms. The molecule has 6 N–H and O–H groups in total. The van der Waals surface area contributed by atoms with Crippen molar-refractivity contribution < 1.29 is 37.5 Å². The molecule has 2 rings (SSSR count). The number of nitrogens with two attached hydrogens (primary N) is 2. The van der Waals surface area contributed by atoms with E-state index in [2.05, 4.69) is 19.9 Å². The first kappa shape index (κ1) is 28.5. The summed E-state index contributed by atoms with van der Waals surface area (Å²) in [7, 11) is 0. The quantitative estimate of drug-likeness (QED) is 0.195. The van der Waals surface area contributed by atoms with Crippen molar-refractivity contribution in [1.82, 2.24) is 19.9 Å². The van der Waals surface area contributed by atoms with Crippen molar-refractivity contribution >= 4 is 11.9 Å². The van der Waals surface area contributed by atoms with E-state index in [1.54, 1.807) is 13.8 Å². The summed E-state index contributed by atoms with van der Waals surface area (Å²) in [5.74, 6) is 0.333. The minimum Gasteiger partial charge on any atom is -0.369 e. The number of aromatic amines is 2. The number of aryl methyl sites for hydroxylation is 2. The first-order valence-electron chi connectivity index (χ1n) is 6.13. The van der Waals surface area contributed by atoms with E-state index in [1.165, 1.54) is 12.1 Å². The number of nitrogens with zero attached hydrogens (tertiary/aromatic N) is 4. The second kappa shape index (κ2) is 15.0. The number of aromatic nitrogens is 4. The molecule has 0 atom stereocenters. The fourth-order valence-electron chi connectivity index (χ4n) is 1.20. The van der Waals surface area contributed by atoms with Crippen molar-refractivity contribution in [2.24, 2.45) is 0 Å². The minimum atomic E-state index is -1.75. The van der Waals surface area contributed by atoms with E-state index in [0.29, 0.717) is 0 Å². The van der Waals surface area contributed by atoms with E-state index in [0.717, 1.165) is 11.4 Å². The summed E-state index contributed by atoms with van der Waals surface area (Å²) in [6, 6.07) is 2.77. The molecule has 0 saturated carbocycles. The van der Waals surface area contributed by atoms with Crippen molar-refractivity contribution in [3.05, 3.63) is 74.9 Å². The molecule has 2 heterocycles. The Kier molecular flexibility index (Phi) is 15.8. The fraction of sp³-hybridized carbons (Fsp3) is 0.200. The van der Waals surface area contributed by atoms with Crippen LogP contribution in [0.25, 0.3) is 0 Å². The van der Waals surface area contributed by atoms with Crippen molar-refractivity contribution in [3.8, 4) is 0 Å². The van der Waals surface area contributed by atoms with Crippen LogP contribution in [0.4, 0.5) is 11.9 Å². The molecule has 27 heavy (non-hydrogen) atoms. The molecule has 144 valence electrons. The third-order valence-corrected chi connectivity index (χ3v) is 1.79. The van der Waals surface area contributed by atoms with Gasteiger partial charge in [0.05, 0.1) is 10.2 Å². The second-order valence-electron chi connectivity index (χ2n) is 4.02. The largest absolute Gasteiger partial charge is 2.00 e. The van der Waals surface area contributed by atoms with Crippen LogP contribution in [-0.2, 0) is 27.3 Å². The molecule has 0 saturated heterocycles. The molecule has 0 aliphatic heterocycles. The summed E-state index contributed by atoms with van der Waals surface area (Å²) in [4.78, 5) is 49.7. The van der Waals surface area contributed by atoms with Gasteiger partial charge in [0.25, 0.3) is 11.1 Å². The molecule has 0 aromatic carbocycles. The van der Waals surface area contributed by atoms with E-state index < -0.39 is 10.2 Å². The standard InChI is InChI=1S/2C5H7N3O.Cd.2NO3/c2*1-3-2-4(9)8-5(6)7-3;;2*2-1(3)4/h2*2H,1H3,(H3,6,7,8,9);;;/q;;+2;2*-1. The number of nitrogen functional groups attached to an aromatic ring is 2. The number of H-pyrrole nitrogens is 2. The van der Waals surface area contributed by atoms with Gasteiger partial charge in [0.15, 0.2) is 0 Å². The van der Waals surface area contributed by atoms with Crippen molar-refractivity contribution in [2.45, 2.75) is 13.8 Å². The first-order valence-corrected chi connectivity index (χ1v) is 6.13. The van der Waals surface area contributed by atoms with Crippen molar-refractivity contribution in [3.63, 3.8) is 0 Å². The molecular formula is C10H14CdN8O8. The molecule has 0 radical (unpaired) electrons. The van der Waals surface area contributed by atoms with Crippen molar-refractivity contribution in [2.75, 3.05) is 11.5 Å². The zero-order valence-corrected chi connectivity index (χ0v) is 18.1. The molecule has 2 aromatic rings. The predicted octanol–water partition coefficient (Wildman–Crippen LogP) is -1.16. The molecule has 0 spiro atoms. The Morgan fingerprint density at radius 3 is 1.19 bits per heavy atom. The zero-order valence-electron chi connectivity index (χ0n) is 14.1. The van der Waals surface area contributed by atoms with Crippen LogP contribution < -0.4 is 22.6 Å². The van der Waals surface area contributed by atoms with Crippen LogP contribution in [0.2, 0.25) is 0 Å². The molecule has 0 amide bonds. The summed E-state index contributed by atoms with van der Waals surface area (Å²) < 4.78 is 0. The molecule has 0 unspecified atom stereocenters. The maximum atomic E-state index is 10.5. The number of rotatable bonds is 0. The monoisotopic (exact) mass is 488 g/mol. The Bertz CT molecular complexity index is 714. The van der Waals surface area contributed by atoms with Gasteiger partial charge in [0, 0.05) is 23.5 Å². The Morgan fingerprint density at radius 2 is 1.04 bits per heavy atom. The van der Waals surface area contributed by atoms with E-state index in [9.17, 15) is 9.59 Å². The van der Waals surface area contributed by atoms with Crippen LogP contribution in [0.15, 0.2) is 21.7 Å². The number of anilines is 2. The minimum absolute atomic E-state index is 0. The molecule has 17 heteroatoms. The van der Waals surface area contributed by atoms with Gasteiger partial charge in [0.1, 0.15) is 0 Å². The van der Waals surface area contributed by atoms with Crippen LogP contribution >= 0.6 is 0 Å². The van der Waals surface area contributed by atoms with Crippen LogP contribution in [0.5, 0.6) is 0 Å². The maximum absolute atomic E-state index is 10.5. The van der Waals surface area contributed by atoms with Gasteiger partial charge in [-0.2, -0.15) is 9.97 Å². The molecule has 0 aliphatic carbocycles. The molecule has 16 nitrogen and oxygen atoms in total. The number of hydrogen-bond acceptors (Lipinski definition) is 12. The average molecular weight is 487 g/mol. The second-order valence-corrected chi connectivity index (χ2v) is 4.02. The predicted molar refractivity (Wildman–Crippen MR) is 88.7 cm³/mol. The smallest absolute Gasteiger partial charge is 0.369 e. The first-order chi connectivity index (χ1) is 11.8. The van der Waals surface area contributed by atoms with Gasteiger partial charge in [0.2, 0.25) is 11.9 Å². The van der Waals surface area contributed by atoms with Gasteiger partial charge in [-0.15, -0.1) is 0 Å². The van der Waals surface area contributed by atoms with E-state index in [1.807, 2.05) is 0 Å². The third-order valence-electron chi connectivity index (χ3n) is 1.79. The van der Waals surface area contributed by atoms with E-state index in [-0.39, 0.29) is 50.3 Å². The Morgan fingerprint density at radius 1 is 0.815 bits per heavy atom. The SMILES string of the molecule is Cc1cc(=O)nc(N)[nH]1.Cc1cc(=O)nc(N)[nH]1.O=[N+]([O-])[O-].O=[N+]([O-])[O-].[Cd+2]. The molecular weight excluding hydrogens is 473 g/mol. The summed E-state index contributed by atoms with van der Waals surface area (Å²) in [5, 5.41) is 29.5. The van der Waals surface area contributed by atoms with Crippen LogP contribution in [0.1, 0.15) is 11.4 Å². The van der Waals surface area contributed by atoms with Crippen LogP contribution in [0, 0.1) is 44.5 Å². The van der Waals surface area contributed by atoms with E-state index >= 15 is 0 Å². The Balaban J connectivity index is -0.000000303. The molecule has 0 aliphatic rings. The Labute approximate surface area is 169 Å². The van der Waals surface area contributed by atoms with Gasteiger partial charge in [-0.05, 0) is 13.8 Å². The zero-order chi connectivity index (χ0) is 20.9. The van der Waals surface area contributed by atoms with Gasteiger partial charge < -0.3 is 52.1 Å². The van der Waals surface area contributed by atoms with Gasteiger partial charge in [-0.25, -0.2) is 0 Å². The number of hydrogen-bond donors (Lipinski definition) is 4. The summed E-state index contributed by atoms with van der Waals surface area (Å²) in [6.07, 6.45) is 0. The van der Waals surface area contributed by atoms with E-state index in [4.69, 9.17) is 42.1 Å². The van der Waals surface area contributed by atoms with Crippen LogP contribution in [0.3, 0.4) is 0 Å². The van der Waals surface area contributed by atoms with Gasteiger partial charge in [-0.3, -0.25) is 9.59 Å². The Hall–Kier alpha value is -3.32. The topological polar surface area (TPSA) is 276 Å².